The van der Waals surface area contributed by atoms with Gasteiger partial charge >= 0.3 is 18.2 Å². The molecule has 0 saturated carbocycles. The summed E-state index contributed by atoms with van der Waals surface area (Å²) in [6.07, 6.45) is -0.438. The maximum absolute atomic E-state index is 13.4. The first-order valence-electron chi connectivity index (χ1n) is 13.6. The number of ether oxygens (including phenoxy) is 3. The van der Waals surface area contributed by atoms with Gasteiger partial charge in [0.15, 0.2) is 0 Å². The number of fused-ring (bicyclic) bond motifs is 1. The molecular formula is C27H39N5O8. The van der Waals surface area contributed by atoms with Crippen molar-refractivity contribution >= 4 is 29.9 Å². The summed E-state index contributed by atoms with van der Waals surface area (Å²) in [4.78, 5) is 60.3. The van der Waals surface area contributed by atoms with Crippen LogP contribution in [0.4, 0.5) is 15.4 Å². The molecule has 0 spiro atoms. The Hall–Kier alpha value is -3.61. The van der Waals surface area contributed by atoms with E-state index in [9.17, 15) is 24.3 Å². The average molecular weight is 562 g/mol. The van der Waals surface area contributed by atoms with E-state index >= 15 is 0 Å². The van der Waals surface area contributed by atoms with Gasteiger partial charge in [0.25, 0.3) is 0 Å². The van der Waals surface area contributed by atoms with Crippen molar-refractivity contribution < 1.29 is 38.5 Å². The van der Waals surface area contributed by atoms with Gasteiger partial charge in [0.1, 0.15) is 29.6 Å². The molecule has 1 aromatic rings. The first-order chi connectivity index (χ1) is 18.8. The fourth-order valence-electron chi connectivity index (χ4n) is 5.07. The molecule has 4 rings (SSSR count). The number of alkyl carbamates (subject to hydrolysis) is 1. The smallest absolute Gasteiger partial charge is 0.410 e. The highest BCUT2D eigenvalue weighted by atomic mass is 16.6. The van der Waals surface area contributed by atoms with Crippen LogP contribution < -0.4 is 10.2 Å². The van der Waals surface area contributed by atoms with E-state index in [2.05, 4.69) is 15.2 Å². The van der Waals surface area contributed by atoms with Gasteiger partial charge in [-0.1, -0.05) is 13.8 Å². The van der Waals surface area contributed by atoms with Crippen molar-refractivity contribution in [1.29, 1.82) is 0 Å². The summed E-state index contributed by atoms with van der Waals surface area (Å²) in [5.41, 5.74) is 1.14. The quantitative estimate of drug-likeness (QED) is 0.528. The van der Waals surface area contributed by atoms with Gasteiger partial charge < -0.3 is 34.4 Å². The minimum Gasteiger partial charge on any atom is -0.480 e. The molecule has 3 amide bonds. The van der Waals surface area contributed by atoms with Gasteiger partial charge in [-0.2, -0.15) is 0 Å². The van der Waals surface area contributed by atoms with Crippen LogP contribution in [0.2, 0.25) is 0 Å². The number of hydrogen-bond donors (Lipinski definition) is 2. The van der Waals surface area contributed by atoms with Crippen molar-refractivity contribution in [2.45, 2.75) is 77.9 Å². The van der Waals surface area contributed by atoms with Crippen molar-refractivity contribution in [2.75, 3.05) is 37.7 Å². The lowest BCUT2D eigenvalue weighted by atomic mass is 10.0. The molecule has 2 saturated heterocycles. The number of aliphatic carboxylic acids is 1. The number of aromatic nitrogens is 1. The van der Waals surface area contributed by atoms with Crippen LogP contribution >= 0.6 is 0 Å². The summed E-state index contributed by atoms with van der Waals surface area (Å²) in [5.74, 6) is -1.27. The summed E-state index contributed by atoms with van der Waals surface area (Å²) < 4.78 is 16.4. The number of anilines is 1. The SMILES string of the molecule is CC(C)[C@H](NC(=O)OC(C)(C)C)C(=O)N1C[C@H](OC(=O)N2Cc3cnc(N4CCOCC4)cc3C2)C[C@H]1C(=O)O. The largest absolute Gasteiger partial charge is 0.480 e. The minimum absolute atomic E-state index is 0.0480. The monoisotopic (exact) mass is 561 g/mol. The number of morpholine rings is 1. The maximum Gasteiger partial charge on any atom is 0.410 e. The summed E-state index contributed by atoms with van der Waals surface area (Å²) in [5, 5.41) is 12.4. The first kappa shape index (κ1) is 29.4. The average Bonchev–Trinajstić information content (AvgIpc) is 3.50. The van der Waals surface area contributed by atoms with Crippen LogP contribution in [0.5, 0.6) is 0 Å². The number of rotatable bonds is 6. The van der Waals surface area contributed by atoms with E-state index < -0.39 is 47.9 Å². The highest BCUT2D eigenvalue weighted by molar-refractivity contribution is 5.90. The van der Waals surface area contributed by atoms with Gasteiger partial charge in [-0.15, -0.1) is 0 Å². The third-order valence-electron chi connectivity index (χ3n) is 7.09. The summed E-state index contributed by atoms with van der Waals surface area (Å²) in [7, 11) is 0. The number of carboxylic acids is 1. The number of amides is 3. The highest BCUT2D eigenvalue weighted by Crippen LogP contribution is 2.29. The predicted molar refractivity (Wildman–Crippen MR) is 143 cm³/mol. The third-order valence-corrected chi connectivity index (χ3v) is 7.09. The maximum atomic E-state index is 13.4. The first-order valence-corrected chi connectivity index (χ1v) is 13.6. The summed E-state index contributed by atoms with van der Waals surface area (Å²) in [6, 6.07) is -0.218. The molecule has 4 heterocycles. The van der Waals surface area contributed by atoms with Crippen molar-refractivity contribution in [3.8, 4) is 0 Å². The zero-order valence-corrected chi connectivity index (χ0v) is 23.7. The fraction of sp³-hybridized carbons (Fsp3) is 0.667. The minimum atomic E-state index is -1.21. The number of pyridine rings is 1. The van der Waals surface area contributed by atoms with Gasteiger partial charge in [-0.05, 0) is 43.9 Å². The standard InChI is InChI=1S/C27H39N5O8/c1-16(2)22(29-25(36)40-27(3,4)5)23(33)32-15-19(11-20(32)24(34)35)39-26(37)31-13-17-10-21(28-12-18(17)14-31)30-6-8-38-9-7-30/h10,12,16,19-20,22H,6-9,11,13-15H2,1-5H3,(H,29,36)(H,34,35)/t19-,20+,22+/m1/s1. The molecule has 40 heavy (non-hydrogen) atoms. The summed E-state index contributed by atoms with van der Waals surface area (Å²) >= 11 is 0. The molecule has 0 aliphatic carbocycles. The molecule has 2 N–H and O–H groups in total. The highest BCUT2D eigenvalue weighted by Gasteiger charge is 2.45. The molecule has 13 heteroatoms. The Bertz CT molecular complexity index is 1130. The van der Waals surface area contributed by atoms with E-state index in [1.54, 1.807) is 40.8 Å². The molecule has 0 bridgehead atoms. The number of hydrogen-bond acceptors (Lipinski definition) is 9. The Labute approximate surface area is 233 Å². The Morgan fingerprint density at radius 2 is 1.80 bits per heavy atom. The lowest BCUT2D eigenvalue weighted by molar-refractivity contribution is -0.149. The van der Waals surface area contributed by atoms with Crippen LogP contribution in [-0.4, -0.2) is 101 Å². The van der Waals surface area contributed by atoms with Crippen LogP contribution in [0, 0.1) is 5.92 Å². The number of nitrogens with one attached hydrogen (secondary N) is 1. The Balaban J connectivity index is 1.38. The lowest BCUT2D eigenvalue weighted by Gasteiger charge is -2.30. The van der Waals surface area contributed by atoms with E-state index in [1.807, 2.05) is 6.07 Å². The molecule has 13 nitrogen and oxygen atoms in total. The van der Waals surface area contributed by atoms with Crippen LogP contribution in [0.3, 0.4) is 0 Å². The van der Waals surface area contributed by atoms with E-state index in [0.717, 1.165) is 30.0 Å². The lowest BCUT2D eigenvalue weighted by Crippen LogP contribution is -2.54. The van der Waals surface area contributed by atoms with Gasteiger partial charge in [0.05, 0.1) is 26.3 Å². The molecule has 3 atom stereocenters. The van der Waals surface area contributed by atoms with Gasteiger partial charge in [-0.3, -0.25) is 9.69 Å². The van der Waals surface area contributed by atoms with Crippen LogP contribution in [0.25, 0.3) is 0 Å². The van der Waals surface area contributed by atoms with Crippen molar-refractivity contribution in [3.63, 3.8) is 0 Å². The van der Waals surface area contributed by atoms with Gasteiger partial charge in [0.2, 0.25) is 5.91 Å². The molecule has 2 fully saturated rings. The van der Waals surface area contributed by atoms with Crippen molar-refractivity contribution in [2.24, 2.45) is 5.92 Å². The number of carbonyl (C=O) groups excluding carboxylic acids is 3. The fourth-order valence-corrected chi connectivity index (χ4v) is 5.07. The topological polar surface area (TPSA) is 151 Å². The molecule has 0 aromatic carbocycles. The molecule has 0 radical (unpaired) electrons. The molecule has 3 aliphatic rings. The Kier molecular flexibility index (Phi) is 8.71. The van der Waals surface area contributed by atoms with Crippen molar-refractivity contribution in [3.05, 3.63) is 23.4 Å². The Morgan fingerprint density at radius 3 is 2.42 bits per heavy atom. The number of carbonyl (C=O) groups is 4. The zero-order chi connectivity index (χ0) is 29.2. The third kappa shape index (κ3) is 6.93. The van der Waals surface area contributed by atoms with Crippen molar-refractivity contribution in [1.82, 2.24) is 20.1 Å². The van der Waals surface area contributed by atoms with E-state index in [4.69, 9.17) is 14.2 Å². The predicted octanol–water partition coefficient (Wildman–Crippen LogP) is 1.97. The number of nitrogens with zero attached hydrogens (tertiary/aromatic N) is 4. The van der Waals surface area contributed by atoms with Gasteiger partial charge in [0, 0.05) is 32.3 Å². The van der Waals surface area contributed by atoms with E-state index in [-0.39, 0.29) is 18.9 Å². The number of carboxylic acid groups (broad SMARTS) is 1. The molecule has 0 unspecified atom stereocenters. The van der Waals surface area contributed by atoms with Crippen LogP contribution in [0.1, 0.15) is 52.2 Å². The van der Waals surface area contributed by atoms with Crippen LogP contribution in [0.15, 0.2) is 12.3 Å². The normalized spacial score (nSPS) is 21.7. The second kappa shape index (κ2) is 11.9. The summed E-state index contributed by atoms with van der Waals surface area (Å²) in [6.45, 7) is 12.0. The van der Waals surface area contributed by atoms with E-state index in [0.29, 0.717) is 26.3 Å². The molecule has 1 aromatic heterocycles. The second-order valence-electron chi connectivity index (χ2n) is 11.7. The van der Waals surface area contributed by atoms with E-state index in [1.165, 1.54) is 9.80 Å². The zero-order valence-electron chi connectivity index (χ0n) is 23.7. The molecular weight excluding hydrogens is 522 g/mol. The van der Waals surface area contributed by atoms with Gasteiger partial charge in [-0.25, -0.2) is 19.4 Å². The molecule has 3 aliphatic heterocycles. The Morgan fingerprint density at radius 1 is 1.12 bits per heavy atom. The second-order valence-corrected chi connectivity index (χ2v) is 11.7. The molecule has 220 valence electrons. The van der Waals surface area contributed by atoms with Crippen LogP contribution in [-0.2, 0) is 36.9 Å². The number of likely N-dealkylation sites (tertiary alicyclic amines) is 1.